The molecule has 1 aliphatic heterocycles. The third kappa shape index (κ3) is 2.25. The minimum atomic E-state index is -0.321. The van der Waals surface area contributed by atoms with Crippen molar-refractivity contribution in [3.05, 3.63) is 23.8 Å². The molecule has 0 fully saturated rings. The molecule has 1 aromatic carbocycles. The van der Waals surface area contributed by atoms with Crippen molar-refractivity contribution in [2.45, 2.75) is 12.5 Å². The summed E-state index contributed by atoms with van der Waals surface area (Å²) in [6.45, 7) is -0.220. The van der Waals surface area contributed by atoms with Gasteiger partial charge in [0.1, 0.15) is 0 Å². The molecule has 0 bridgehead atoms. The summed E-state index contributed by atoms with van der Waals surface area (Å²) < 4.78 is 0. The van der Waals surface area contributed by atoms with Gasteiger partial charge in [-0.3, -0.25) is 4.79 Å². The van der Waals surface area contributed by atoms with Crippen molar-refractivity contribution in [1.29, 1.82) is 0 Å². The van der Waals surface area contributed by atoms with E-state index in [1.54, 1.807) is 0 Å². The minimum absolute atomic E-state index is 0.000620. The maximum Gasteiger partial charge on any atom is 0.228 e. The van der Waals surface area contributed by atoms with Crippen molar-refractivity contribution in [2.24, 2.45) is 0 Å². The molecule has 0 saturated heterocycles. The van der Waals surface area contributed by atoms with Gasteiger partial charge in [0.2, 0.25) is 5.91 Å². The molecule has 5 heteroatoms. The van der Waals surface area contributed by atoms with Gasteiger partial charge in [-0.05, 0) is 23.8 Å². The van der Waals surface area contributed by atoms with E-state index < -0.39 is 0 Å². The summed E-state index contributed by atoms with van der Waals surface area (Å²) in [6.07, 6.45) is 0.389. The topological polar surface area (TPSA) is 72.8 Å². The first-order chi connectivity index (χ1) is 8.15. The molecule has 0 aromatic heterocycles. The Labute approximate surface area is 99.7 Å². The number of likely N-dealkylation sites (N-methyl/N-ethyl adjacent to an activating group) is 1. The lowest BCUT2D eigenvalue weighted by Crippen LogP contribution is -2.37. The maximum atomic E-state index is 11.2. The molecular formula is C12H16N2O3. The van der Waals surface area contributed by atoms with Gasteiger partial charge in [-0.1, -0.05) is 0 Å². The predicted octanol–water partition coefficient (Wildman–Crippen LogP) is -0.0294. The average Bonchev–Trinajstić information content (AvgIpc) is 2.69. The highest BCUT2D eigenvalue weighted by molar-refractivity contribution is 5.99. The van der Waals surface area contributed by atoms with Gasteiger partial charge in [0.05, 0.1) is 25.7 Å². The summed E-state index contributed by atoms with van der Waals surface area (Å²) in [5.41, 5.74) is 2.68. The third-order valence-electron chi connectivity index (χ3n) is 3.09. The van der Waals surface area contributed by atoms with Crippen LogP contribution in [0.3, 0.4) is 0 Å². The van der Waals surface area contributed by atoms with Crippen molar-refractivity contribution in [1.82, 2.24) is 0 Å². The highest BCUT2D eigenvalue weighted by Crippen LogP contribution is 2.28. The molecular weight excluding hydrogens is 220 g/mol. The molecule has 17 heavy (non-hydrogen) atoms. The monoisotopic (exact) mass is 236 g/mol. The van der Waals surface area contributed by atoms with Crippen LogP contribution in [0.2, 0.25) is 0 Å². The van der Waals surface area contributed by atoms with E-state index in [9.17, 15) is 4.79 Å². The molecule has 5 nitrogen and oxygen atoms in total. The van der Waals surface area contributed by atoms with E-state index in [0.29, 0.717) is 6.42 Å². The summed E-state index contributed by atoms with van der Waals surface area (Å²) in [7, 11) is 1.81. The summed E-state index contributed by atoms with van der Waals surface area (Å²) in [4.78, 5) is 13.0. The Morgan fingerprint density at radius 1 is 1.41 bits per heavy atom. The molecule has 0 saturated carbocycles. The average molecular weight is 236 g/mol. The fourth-order valence-electron chi connectivity index (χ4n) is 1.95. The van der Waals surface area contributed by atoms with Crippen LogP contribution in [0.4, 0.5) is 11.4 Å². The Balaban J connectivity index is 2.23. The first-order valence-corrected chi connectivity index (χ1v) is 5.53. The molecule has 0 aliphatic carbocycles. The molecule has 1 heterocycles. The second-order valence-corrected chi connectivity index (χ2v) is 4.20. The largest absolute Gasteiger partial charge is 0.394 e. The minimum Gasteiger partial charge on any atom is -0.394 e. The number of fused-ring (bicyclic) bond motifs is 1. The Morgan fingerprint density at radius 2 is 2.12 bits per heavy atom. The normalized spacial score (nSPS) is 13.8. The second kappa shape index (κ2) is 4.73. The number of anilines is 2. The zero-order chi connectivity index (χ0) is 12.4. The number of benzene rings is 1. The van der Waals surface area contributed by atoms with E-state index in [1.807, 2.05) is 30.1 Å². The van der Waals surface area contributed by atoms with Crippen LogP contribution in [0.15, 0.2) is 18.2 Å². The van der Waals surface area contributed by atoms with E-state index in [2.05, 4.69) is 5.32 Å². The lowest BCUT2D eigenvalue weighted by Gasteiger charge is -2.27. The summed E-state index contributed by atoms with van der Waals surface area (Å²) in [6, 6.07) is 5.30. The molecule has 1 amide bonds. The number of aliphatic hydroxyl groups is 2. The number of hydrogen-bond donors (Lipinski definition) is 3. The van der Waals surface area contributed by atoms with E-state index in [-0.39, 0.29) is 25.2 Å². The number of hydrogen-bond acceptors (Lipinski definition) is 4. The van der Waals surface area contributed by atoms with Crippen LogP contribution in [0.5, 0.6) is 0 Å². The SMILES string of the molecule is CN(c1ccc2c(c1)CC(=O)N2)C(CO)CO. The molecule has 1 aromatic rings. The molecule has 0 spiro atoms. The molecule has 0 unspecified atom stereocenters. The molecule has 2 rings (SSSR count). The van der Waals surface area contributed by atoms with Crippen LogP contribution in [-0.2, 0) is 11.2 Å². The molecule has 92 valence electrons. The van der Waals surface area contributed by atoms with Crippen LogP contribution >= 0.6 is 0 Å². The molecule has 0 atom stereocenters. The van der Waals surface area contributed by atoms with Gasteiger partial charge in [-0.2, -0.15) is 0 Å². The third-order valence-corrected chi connectivity index (χ3v) is 3.09. The van der Waals surface area contributed by atoms with Crippen molar-refractivity contribution in [3.63, 3.8) is 0 Å². The van der Waals surface area contributed by atoms with Gasteiger partial charge in [-0.25, -0.2) is 0 Å². The quantitative estimate of drug-likeness (QED) is 0.686. The van der Waals surface area contributed by atoms with Crippen molar-refractivity contribution >= 4 is 17.3 Å². The Kier molecular flexibility index (Phi) is 3.31. The number of carbonyl (C=O) groups is 1. The van der Waals surface area contributed by atoms with Crippen LogP contribution < -0.4 is 10.2 Å². The van der Waals surface area contributed by atoms with Crippen molar-refractivity contribution in [3.8, 4) is 0 Å². The van der Waals surface area contributed by atoms with E-state index in [4.69, 9.17) is 10.2 Å². The highest BCUT2D eigenvalue weighted by Gasteiger charge is 2.20. The summed E-state index contributed by atoms with van der Waals surface area (Å²) in [5.74, 6) is 0.000620. The summed E-state index contributed by atoms with van der Waals surface area (Å²) in [5, 5.41) is 21.0. The van der Waals surface area contributed by atoms with Gasteiger partial charge in [0.25, 0.3) is 0 Å². The highest BCUT2D eigenvalue weighted by atomic mass is 16.3. The summed E-state index contributed by atoms with van der Waals surface area (Å²) >= 11 is 0. The lowest BCUT2D eigenvalue weighted by molar-refractivity contribution is -0.115. The lowest BCUT2D eigenvalue weighted by atomic mass is 10.1. The Hall–Kier alpha value is -1.59. The fraction of sp³-hybridized carbons (Fsp3) is 0.417. The van der Waals surface area contributed by atoms with Crippen LogP contribution in [-0.4, -0.2) is 42.4 Å². The second-order valence-electron chi connectivity index (χ2n) is 4.20. The first kappa shape index (κ1) is 11.9. The van der Waals surface area contributed by atoms with Gasteiger partial charge < -0.3 is 20.4 Å². The standard InChI is InChI=1S/C12H16N2O3/c1-14(10(6-15)7-16)9-2-3-11-8(4-9)5-12(17)13-11/h2-4,10,15-16H,5-7H2,1H3,(H,13,17). The molecule has 0 radical (unpaired) electrons. The maximum absolute atomic E-state index is 11.2. The van der Waals surface area contributed by atoms with Gasteiger partial charge in [-0.15, -0.1) is 0 Å². The van der Waals surface area contributed by atoms with Gasteiger partial charge >= 0.3 is 0 Å². The smallest absolute Gasteiger partial charge is 0.228 e. The zero-order valence-corrected chi connectivity index (χ0v) is 9.68. The number of aliphatic hydroxyl groups excluding tert-OH is 2. The van der Waals surface area contributed by atoms with E-state index in [1.165, 1.54) is 0 Å². The van der Waals surface area contributed by atoms with Crippen molar-refractivity contribution in [2.75, 3.05) is 30.5 Å². The number of nitrogens with one attached hydrogen (secondary N) is 1. The molecule has 3 N–H and O–H groups in total. The van der Waals surface area contributed by atoms with Gasteiger partial charge in [0, 0.05) is 18.4 Å². The van der Waals surface area contributed by atoms with E-state index >= 15 is 0 Å². The Morgan fingerprint density at radius 3 is 2.76 bits per heavy atom. The number of carbonyl (C=O) groups excluding carboxylic acids is 1. The predicted molar refractivity (Wildman–Crippen MR) is 65.1 cm³/mol. The Bertz CT molecular complexity index is 430. The van der Waals surface area contributed by atoms with E-state index in [0.717, 1.165) is 16.9 Å². The van der Waals surface area contributed by atoms with Crippen molar-refractivity contribution < 1.29 is 15.0 Å². The van der Waals surface area contributed by atoms with Crippen LogP contribution in [0.1, 0.15) is 5.56 Å². The molecule has 1 aliphatic rings. The number of nitrogens with zero attached hydrogens (tertiary/aromatic N) is 1. The number of amides is 1. The van der Waals surface area contributed by atoms with Crippen LogP contribution in [0.25, 0.3) is 0 Å². The number of rotatable bonds is 4. The fourth-order valence-corrected chi connectivity index (χ4v) is 1.95. The first-order valence-electron chi connectivity index (χ1n) is 5.53. The van der Waals surface area contributed by atoms with Gasteiger partial charge in [0.15, 0.2) is 0 Å². The zero-order valence-electron chi connectivity index (χ0n) is 9.68. The van der Waals surface area contributed by atoms with Crippen LogP contribution in [0, 0.1) is 0 Å².